The predicted molar refractivity (Wildman–Crippen MR) is 118 cm³/mol. The van der Waals surface area contributed by atoms with E-state index in [1.54, 1.807) is 35.8 Å². The molecular formula is C21H18N4O5S2. The van der Waals surface area contributed by atoms with E-state index >= 15 is 0 Å². The van der Waals surface area contributed by atoms with Crippen LogP contribution >= 0.6 is 11.3 Å². The van der Waals surface area contributed by atoms with Crippen LogP contribution in [0.3, 0.4) is 0 Å². The van der Waals surface area contributed by atoms with Gasteiger partial charge in [0.25, 0.3) is 5.91 Å². The number of aromatic nitrogens is 1. The first-order valence-corrected chi connectivity index (χ1v) is 11.9. The Balaban J connectivity index is 1.50. The van der Waals surface area contributed by atoms with E-state index in [9.17, 15) is 18.5 Å². The molecule has 11 heteroatoms. The molecule has 1 aliphatic heterocycles. The van der Waals surface area contributed by atoms with Crippen LogP contribution in [-0.2, 0) is 19.6 Å². The van der Waals surface area contributed by atoms with Crippen LogP contribution in [0.25, 0.3) is 17.4 Å². The van der Waals surface area contributed by atoms with E-state index < -0.39 is 15.9 Å². The predicted octanol–water partition coefficient (Wildman–Crippen LogP) is 2.97. The van der Waals surface area contributed by atoms with Gasteiger partial charge in [0.2, 0.25) is 10.0 Å². The molecule has 3 aromatic rings. The van der Waals surface area contributed by atoms with Gasteiger partial charge >= 0.3 is 0 Å². The second-order valence-corrected chi connectivity index (χ2v) is 9.54. The van der Waals surface area contributed by atoms with E-state index in [-0.39, 0.29) is 10.5 Å². The monoisotopic (exact) mass is 470 g/mol. The van der Waals surface area contributed by atoms with Crippen LogP contribution in [0.15, 0.2) is 62.9 Å². The van der Waals surface area contributed by atoms with Crippen LogP contribution < -0.4 is 5.32 Å². The third-order valence-corrected chi connectivity index (χ3v) is 7.28. The summed E-state index contributed by atoms with van der Waals surface area (Å²) in [5.74, 6) is 0.207. The van der Waals surface area contributed by atoms with Crippen LogP contribution in [0.2, 0.25) is 0 Å². The molecule has 1 N–H and O–H groups in total. The highest BCUT2D eigenvalue weighted by Gasteiger charge is 2.26. The average Bonchev–Trinajstić information content (AvgIpc) is 3.50. The number of benzene rings is 1. The highest BCUT2D eigenvalue weighted by atomic mass is 32.2. The molecule has 1 aromatic carbocycles. The van der Waals surface area contributed by atoms with Crippen molar-refractivity contribution in [3.8, 4) is 17.4 Å². The van der Waals surface area contributed by atoms with Crippen molar-refractivity contribution in [2.75, 3.05) is 31.6 Å². The molecule has 0 unspecified atom stereocenters. The number of nitriles is 1. The molecule has 1 fully saturated rings. The second-order valence-electron chi connectivity index (χ2n) is 6.70. The molecule has 9 nitrogen and oxygen atoms in total. The molecule has 1 amide bonds. The Morgan fingerprint density at radius 1 is 1.19 bits per heavy atom. The third kappa shape index (κ3) is 4.79. The molecule has 32 heavy (non-hydrogen) atoms. The molecule has 0 atom stereocenters. The highest BCUT2D eigenvalue weighted by Crippen LogP contribution is 2.26. The van der Waals surface area contributed by atoms with Crippen molar-refractivity contribution < 1.29 is 22.4 Å². The van der Waals surface area contributed by atoms with E-state index in [0.717, 1.165) is 0 Å². The first kappa shape index (κ1) is 21.9. The summed E-state index contributed by atoms with van der Waals surface area (Å²) in [4.78, 5) is 16.4. The minimum absolute atomic E-state index is 0.131. The normalized spacial score (nSPS) is 15.3. The fourth-order valence-corrected chi connectivity index (χ4v) is 4.99. The van der Waals surface area contributed by atoms with Crippen molar-refractivity contribution in [1.82, 2.24) is 9.29 Å². The molecule has 0 bridgehead atoms. The Morgan fingerprint density at radius 3 is 2.59 bits per heavy atom. The molecule has 0 radical (unpaired) electrons. The topological polar surface area (TPSA) is 126 Å². The maximum Gasteiger partial charge on any atom is 0.268 e. The van der Waals surface area contributed by atoms with Crippen molar-refractivity contribution in [1.29, 1.82) is 5.26 Å². The number of morpholine rings is 1. The van der Waals surface area contributed by atoms with Crippen LogP contribution in [0.5, 0.6) is 0 Å². The number of hydrogen-bond donors (Lipinski definition) is 1. The summed E-state index contributed by atoms with van der Waals surface area (Å²) in [5.41, 5.74) is 0.532. The summed E-state index contributed by atoms with van der Waals surface area (Å²) in [5, 5.41) is 14.0. The zero-order valence-electron chi connectivity index (χ0n) is 16.7. The molecule has 4 rings (SSSR count). The van der Waals surface area contributed by atoms with Crippen LogP contribution in [-0.4, -0.2) is 49.9 Å². The lowest BCUT2D eigenvalue weighted by Crippen LogP contribution is -2.40. The lowest BCUT2D eigenvalue weighted by molar-refractivity contribution is -0.112. The van der Waals surface area contributed by atoms with Crippen LogP contribution in [0.4, 0.5) is 5.13 Å². The van der Waals surface area contributed by atoms with Gasteiger partial charge in [-0.15, -0.1) is 11.3 Å². The number of furan rings is 1. The summed E-state index contributed by atoms with van der Waals surface area (Å²) < 4.78 is 37.8. The number of carbonyl (C=O) groups excluding carboxylic acids is 1. The van der Waals surface area contributed by atoms with Gasteiger partial charge in [-0.25, -0.2) is 13.4 Å². The van der Waals surface area contributed by atoms with Crippen molar-refractivity contribution in [2.24, 2.45) is 0 Å². The number of nitrogens with one attached hydrogen (secondary N) is 1. The van der Waals surface area contributed by atoms with Gasteiger partial charge in [0.05, 0.1) is 18.1 Å². The fourth-order valence-electron chi connectivity index (χ4n) is 3.05. The number of rotatable bonds is 6. The quantitative estimate of drug-likeness (QED) is 0.434. The Hall–Kier alpha value is -3.30. The standard InChI is InChI=1S/C21H18N4O5S2/c22-14-16(20(26)24-21-23-7-12-31-21)13-17-3-6-19(30-17)15-1-4-18(5-2-15)32(27,28)25-8-10-29-11-9-25/h1-7,12-13H,8-11H2,(H,23,24,26)/b16-13+. The van der Waals surface area contributed by atoms with Gasteiger partial charge in [-0.2, -0.15) is 9.57 Å². The molecule has 0 aliphatic carbocycles. The van der Waals surface area contributed by atoms with Gasteiger partial charge in [0, 0.05) is 36.3 Å². The molecule has 3 heterocycles. The van der Waals surface area contributed by atoms with Gasteiger partial charge in [-0.1, -0.05) is 0 Å². The smallest absolute Gasteiger partial charge is 0.268 e. The number of anilines is 1. The van der Waals surface area contributed by atoms with Gasteiger partial charge < -0.3 is 9.15 Å². The van der Waals surface area contributed by atoms with E-state index in [1.807, 2.05) is 6.07 Å². The van der Waals surface area contributed by atoms with E-state index in [4.69, 9.17) is 9.15 Å². The third-order valence-electron chi connectivity index (χ3n) is 4.68. The largest absolute Gasteiger partial charge is 0.457 e. The van der Waals surface area contributed by atoms with Gasteiger partial charge in [0.15, 0.2) is 5.13 Å². The number of hydrogen-bond acceptors (Lipinski definition) is 8. The minimum atomic E-state index is -3.58. The average molecular weight is 471 g/mol. The van der Waals surface area contributed by atoms with Gasteiger partial charge in [-0.05, 0) is 36.4 Å². The van der Waals surface area contributed by atoms with E-state index in [2.05, 4.69) is 10.3 Å². The Kier molecular flexibility index (Phi) is 6.48. The van der Waals surface area contributed by atoms with Crippen molar-refractivity contribution in [2.45, 2.75) is 4.90 Å². The van der Waals surface area contributed by atoms with Crippen molar-refractivity contribution in [3.05, 3.63) is 59.3 Å². The zero-order chi connectivity index (χ0) is 22.6. The number of ether oxygens (including phenoxy) is 1. The lowest BCUT2D eigenvalue weighted by atomic mass is 10.2. The Bertz CT molecular complexity index is 1270. The highest BCUT2D eigenvalue weighted by molar-refractivity contribution is 7.89. The molecule has 164 valence electrons. The van der Waals surface area contributed by atoms with Gasteiger partial charge in [0.1, 0.15) is 23.2 Å². The summed E-state index contributed by atoms with van der Waals surface area (Å²) in [6.07, 6.45) is 2.88. The number of nitrogens with zero attached hydrogens (tertiary/aromatic N) is 3. The van der Waals surface area contributed by atoms with Crippen molar-refractivity contribution >= 4 is 38.5 Å². The maximum absolute atomic E-state index is 12.7. The number of amides is 1. The lowest BCUT2D eigenvalue weighted by Gasteiger charge is -2.26. The number of carbonyl (C=O) groups is 1. The first-order valence-electron chi connectivity index (χ1n) is 9.58. The van der Waals surface area contributed by atoms with Crippen molar-refractivity contribution in [3.63, 3.8) is 0 Å². The molecule has 0 spiro atoms. The minimum Gasteiger partial charge on any atom is -0.457 e. The molecule has 0 saturated carbocycles. The summed E-state index contributed by atoms with van der Waals surface area (Å²) in [6.45, 7) is 1.42. The van der Waals surface area contributed by atoms with E-state index in [1.165, 1.54) is 33.9 Å². The number of thiazole rings is 1. The zero-order valence-corrected chi connectivity index (χ0v) is 18.4. The molecule has 2 aromatic heterocycles. The SMILES string of the molecule is N#C/C(=C\c1ccc(-c2ccc(S(=O)(=O)N3CCOCC3)cc2)o1)C(=O)Nc1nccs1. The summed E-state index contributed by atoms with van der Waals surface area (Å²) in [7, 11) is -3.58. The maximum atomic E-state index is 12.7. The Morgan fingerprint density at radius 2 is 1.94 bits per heavy atom. The van der Waals surface area contributed by atoms with Crippen LogP contribution in [0.1, 0.15) is 5.76 Å². The van der Waals surface area contributed by atoms with Crippen LogP contribution in [0, 0.1) is 11.3 Å². The first-order chi connectivity index (χ1) is 15.5. The molecule has 1 saturated heterocycles. The molecule has 1 aliphatic rings. The number of sulfonamides is 1. The Labute approximate surface area is 188 Å². The second kappa shape index (κ2) is 9.46. The van der Waals surface area contributed by atoms with Gasteiger partial charge in [-0.3, -0.25) is 10.1 Å². The fraction of sp³-hybridized carbons (Fsp3) is 0.190. The van der Waals surface area contributed by atoms with E-state index in [0.29, 0.717) is 48.5 Å². The summed E-state index contributed by atoms with van der Waals surface area (Å²) in [6, 6.07) is 11.5. The molecular weight excluding hydrogens is 452 g/mol. The summed E-state index contributed by atoms with van der Waals surface area (Å²) >= 11 is 1.24.